The Morgan fingerprint density at radius 2 is 1.89 bits per heavy atom. The van der Waals surface area contributed by atoms with E-state index in [0.717, 1.165) is 6.42 Å². The highest BCUT2D eigenvalue weighted by Gasteiger charge is 1.99. The van der Waals surface area contributed by atoms with Gasteiger partial charge in [0.1, 0.15) is 0 Å². The minimum atomic E-state index is -3.01. The first-order valence-corrected chi connectivity index (χ1v) is 5.03. The molecule has 0 aliphatic carbocycles. The molecule has 0 fully saturated rings. The van der Waals surface area contributed by atoms with Crippen LogP contribution in [0.2, 0.25) is 0 Å². The summed E-state index contributed by atoms with van der Waals surface area (Å²) in [5, 5.41) is 0. The summed E-state index contributed by atoms with van der Waals surface area (Å²) in [6.07, 6.45) is 4.34. The van der Waals surface area contributed by atoms with E-state index in [1.807, 2.05) is 0 Å². The van der Waals surface area contributed by atoms with Crippen LogP contribution in [0.1, 0.15) is 12.8 Å². The monoisotopic (exact) mass is 169 g/mol. The summed E-state index contributed by atoms with van der Waals surface area (Å²) in [5.41, 5.74) is 0. The van der Waals surface area contributed by atoms with Crippen LogP contribution in [-0.4, -0.2) is 20.1 Å². The van der Waals surface area contributed by atoms with E-state index < -0.39 is 9.84 Å². The van der Waals surface area contributed by atoms with Crippen LogP contribution in [0.3, 0.4) is 0 Å². The van der Waals surface area contributed by atoms with Gasteiger partial charge in [0.2, 0.25) is 0 Å². The van der Waals surface area contributed by atoms with Gasteiger partial charge in [-0.1, -0.05) is 0 Å². The van der Waals surface area contributed by atoms with Gasteiger partial charge in [0.25, 0.3) is 0 Å². The number of unbranched alkanes of at least 4 members (excludes halogenated alkanes) is 1. The maximum Gasteiger partial charge on any atom is 0.151 e. The zero-order valence-corrected chi connectivity index (χ0v) is 6.71. The first-order chi connectivity index (χ1) is 4.06. The number of alkyl halides is 1. The Balaban J connectivity index is 3.30. The quantitative estimate of drug-likeness (QED) is 0.469. The van der Waals surface area contributed by atoms with Crippen LogP contribution < -0.4 is 0 Å². The molecule has 9 heavy (non-hydrogen) atoms. The second kappa shape index (κ2) is 4.12. The van der Waals surface area contributed by atoms with E-state index in [1.54, 1.807) is 0 Å². The smallest absolute Gasteiger partial charge is 0.151 e. The molecule has 1 radical (unpaired) electrons. The van der Waals surface area contributed by atoms with Gasteiger partial charge in [-0.25, -0.2) is 8.42 Å². The van der Waals surface area contributed by atoms with Gasteiger partial charge in [0, 0.05) is 5.88 Å². The van der Waals surface area contributed by atoms with Crippen LogP contribution >= 0.6 is 11.6 Å². The Kier molecular flexibility index (Phi) is 4.23. The fourth-order valence-electron chi connectivity index (χ4n) is 0.416. The average Bonchev–Trinajstić information content (AvgIpc) is 1.63. The molecule has 0 bridgehead atoms. The molecular formula is C5H10ClO2S. The molecule has 0 spiro atoms. The fraction of sp³-hybridized carbons (Fsp3) is 0.800. The van der Waals surface area contributed by atoms with Gasteiger partial charge in [-0.2, -0.15) is 0 Å². The molecular weight excluding hydrogens is 160 g/mol. The predicted molar refractivity (Wildman–Crippen MR) is 39.1 cm³/mol. The molecule has 55 valence electrons. The Labute approximate surface area is 61.1 Å². The van der Waals surface area contributed by atoms with Gasteiger partial charge in [-0.05, 0) is 12.8 Å². The van der Waals surface area contributed by atoms with Gasteiger partial charge < -0.3 is 0 Å². The Hall–Kier alpha value is 0.240. The average molecular weight is 170 g/mol. The standard InChI is InChI=1S/C5H10ClO2S/c1-9(7,8)5-3-2-4-6/h1-5H2. The van der Waals surface area contributed by atoms with E-state index in [4.69, 9.17) is 11.6 Å². The van der Waals surface area contributed by atoms with Gasteiger partial charge in [0.05, 0.1) is 12.0 Å². The first kappa shape index (κ1) is 9.24. The number of hydrogen-bond donors (Lipinski definition) is 0. The van der Waals surface area contributed by atoms with Gasteiger partial charge in [-0.15, -0.1) is 11.6 Å². The van der Waals surface area contributed by atoms with Crippen molar-refractivity contribution in [1.29, 1.82) is 0 Å². The zero-order valence-electron chi connectivity index (χ0n) is 5.14. The molecule has 4 heteroatoms. The minimum absolute atomic E-state index is 0.153. The fourth-order valence-corrected chi connectivity index (χ4v) is 1.25. The molecule has 0 N–H and O–H groups in total. The van der Waals surface area contributed by atoms with Crippen molar-refractivity contribution in [1.82, 2.24) is 0 Å². The molecule has 0 saturated carbocycles. The van der Waals surface area contributed by atoms with E-state index >= 15 is 0 Å². The number of sulfone groups is 1. The summed E-state index contributed by atoms with van der Waals surface area (Å²) in [7, 11) is -3.01. The highest BCUT2D eigenvalue weighted by atomic mass is 35.5. The molecule has 0 aromatic carbocycles. The first-order valence-electron chi connectivity index (χ1n) is 2.68. The van der Waals surface area contributed by atoms with Crippen LogP contribution in [0.15, 0.2) is 0 Å². The highest BCUT2D eigenvalue weighted by molar-refractivity contribution is 7.92. The predicted octanol–water partition coefficient (Wildman–Crippen LogP) is 1.21. The summed E-state index contributed by atoms with van der Waals surface area (Å²) >= 11 is 5.32. The maximum atomic E-state index is 10.4. The van der Waals surface area contributed by atoms with E-state index in [-0.39, 0.29) is 5.75 Å². The summed E-state index contributed by atoms with van der Waals surface area (Å²) in [6, 6.07) is 0. The molecule has 0 heterocycles. The molecule has 0 aromatic rings. The third-order valence-electron chi connectivity index (χ3n) is 0.839. The minimum Gasteiger partial charge on any atom is -0.229 e. The van der Waals surface area contributed by atoms with Crippen molar-refractivity contribution in [2.75, 3.05) is 11.6 Å². The normalized spacial score (nSPS) is 11.8. The van der Waals surface area contributed by atoms with Gasteiger partial charge >= 0.3 is 0 Å². The van der Waals surface area contributed by atoms with Crippen LogP contribution in [-0.2, 0) is 9.84 Å². The largest absolute Gasteiger partial charge is 0.229 e. The van der Waals surface area contributed by atoms with Crippen molar-refractivity contribution in [3.63, 3.8) is 0 Å². The van der Waals surface area contributed by atoms with Crippen LogP contribution in [0.4, 0.5) is 0 Å². The van der Waals surface area contributed by atoms with E-state index in [1.165, 1.54) is 0 Å². The Morgan fingerprint density at radius 3 is 2.22 bits per heavy atom. The number of rotatable bonds is 4. The number of hydrogen-bond acceptors (Lipinski definition) is 2. The lowest BCUT2D eigenvalue weighted by Gasteiger charge is -1.93. The molecule has 2 nitrogen and oxygen atoms in total. The van der Waals surface area contributed by atoms with Crippen molar-refractivity contribution < 1.29 is 8.42 Å². The molecule has 0 amide bonds. The summed E-state index contributed by atoms with van der Waals surface area (Å²) in [6.45, 7) is 0. The van der Waals surface area contributed by atoms with E-state index in [2.05, 4.69) is 6.26 Å². The maximum absolute atomic E-state index is 10.4. The van der Waals surface area contributed by atoms with Crippen molar-refractivity contribution in [2.24, 2.45) is 0 Å². The van der Waals surface area contributed by atoms with Crippen molar-refractivity contribution in [2.45, 2.75) is 12.8 Å². The molecule has 0 rings (SSSR count). The Morgan fingerprint density at radius 1 is 1.33 bits per heavy atom. The summed E-state index contributed by atoms with van der Waals surface area (Å²) in [5.74, 6) is 0.676. The van der Waals surface area contributed by atoms with E-state index in [0.29, 0.717) is 12.3 Å². The highest BCUT2D eigenvalue weighted by Crippen LogP contribution is 1.96. The SMILES string of the molecule is [CH2]S(=O)(=O)CCCCCl. The molecule has 0 aromatic heterocycles. The molecule has 0 unspecified atom stereocenters. The topological polar surface area (TPSA) is 34.1 Å². The lowest BCUT2D eigenvalue weighted by atomic mass is 10.4. The third kappa shape index (κ3) is 8.24. The second-order valence-corrected chi connectivity index (χ2v) is 4.12. The van der Waals surface area contributed by atoms with Gasteiger partial charge in [-0.3, -0.25) is 0 Å². The van der Waals surface area contributed by atoms with Crippen molar-refractivity contribution in [3.8, 4) is 0 Å². The Bertz CT molecular complexity index is 150. The van der Waals surface area contributed by atoms with E-state index in [9.17, 15) is 8.42 Å². The van der Waals surface area contributed by atoms with Crippen molar-refractivity contribution >= 4 is 21.4 Å². The van der Waals surface area contributed by atoms with Crippen LogP contribution in [0.25, 0.3) is 0 Å². The summed E-state index contributed by atoms with van der Waals surface area (Å²) in [4.78, 5) is 0. The van der Waals surface area contributed by atoms with Crippen LogP contribution in [0, 0.1) is 6.26 Å². The van der Waals surface area contributed by atoms with Crippen molar-refractivity contribution in [3.05, 3.63) is 6.26 Å². The number of halogens is 1. The molecule has 0 aliphatic heterocycles. The summed E-state index contributed by atoms with van der Waals surface area (Å²) < 4.78 is 20.7. The zero-order chi connectivity index (χ0) is 7.33. The molecule has 0 aliphatic rings. The lowest BCUT2D eigenvalue weighted by molar-refractivity contribution is 0.601. The third-order valence-corrected chi connectivity index (χ3v) is 2.02. The van der Waals surface area contributed by atoms with Gasteiger partial charge in [0.15, 0.2) is 9.84 Å². The lowest BCUT2D eigenvalue weighted by Crippen LogP contribution is -1.99. The molecule has 0 saturated heterocycles. The molecule has 0 atom stereocenters. The van der Waals surface area contributed by atoms with Crippen LogP contribution in [0.5, 0.6) is 0 Å². The second-order valence-electron chi connectivity index (χ2n) is 1.84.